The van der Waals surface area contributed by atoms with E-state index in [1.807, 2.05) is 77.7 Å². The van der Waals surface area contributed by atoms with Gasteiger partial charge in [0.15, 0.2) is 0 Å². The van der Waals surface area contributed by atoms with Crippen molar-refractivity contribution in [3.05, 3.63) is 95.8 Å². The lowest BCUT2D eigenvalue weighted by atomic mass is 9.95. The van der Waals surface area contributed by atoms with Gasteiger partial charge in [-0.15, -0.1) is 0 Å². The maximum atomic E-state index is 12.9. The smallest absolute Gasteiger partial charge is 0.253 e. The number of para-hydroxylation sites is 3. The van der Waals surface area contributed by atoms with E-state index in [0.29, 0.717) is 12.5 Å². The Labute approximate surface area is 181 Å². The van der Waals surface area contributed by atoms with Gasteiger partial charge in [0.1, 0.15) is 18.2 Å². The number of hydrogen-bond donors (Lipinski definition) is 1. The van der Waals surface area contributed by atoms with Crippen molar-refractivity contribution >= 4 is 16.9 Å². The Balaban J connectivity index is 1.17. The third kappa shape index (κ3) is 4.31. The second-order valence-electron chi connectivity index (χ2n) is 8.00. The summed E-state index contributed by atoms with van der Waals surface area (Å²) in [5.74, 6) is 2.35. The van der Waals surface area contributed by atoms with E-state index >= 15 is 0 Å². The first-order valence-corrected chi connectivity index (χ1v) is 10.8. The number of piperidine rings is 1. The van der Waals surface area contributed by atoms with Gasteiger partial charge < -0.3 is 14.6 Å². The quantitative estimate of drug-likeness (QED) is 0.493. The molecule has 3 aromatic carbocycles. The van der Waals surface area contributed by atoms with Crippen molar-refractivity contribution < 1.29 is 9.53 Å². The van der Waals surface area contributed by atoms with Crippen LogP contribution >= 0.6 is 0 Å². The number of imidazole rings is 1. The molecule has 1 aromatic heterocycles. The molecule has 1 N–H and O–H groups in total. The molecule has 1 fully saturated rings. The van der Waals surface area contributed by atoms with Gasteiger partial charge in [-0.25, -0.2) is 4.98 Å². The summed E-state index contributed by atoms with van der Waals surface area (Å²) in [6.07, 6.45) is 1.85. The van der Waals surface area contributed by atoms with E-state index in [4.69, 9.17) is 9.72 Å². The fraction of sp³-hybridized carbons (Fsp3) is 0.231. The summed E-state index contributed by atoms with van der Waals surface area (Å²) in [5, 5.41) is 0. The molecule has 0 bridgehead atoms. The van der Waals surface area contributed by atoms with Crippen LogP contribution in [0, 0.1) is 0 Å². The summed E-state index contributed by atoms with van der Waals surface area (Å²) in [6, 6.07) is 25.6. The highest BCUT2D eigenvalue weighted by molar-refractivity contribution is 5.94. The molecular formula is C26H25N3O2. The molecule has 4 aromatic rings. The Hall–Kier alpha value is -3.60. The predicted octanol–water partition coefficient (Wildman–Crippen LogP) is 5.16. The van der Waals surface area contributed by atoms with Crippen LogP contribution in [0.3, 0.4) is 0 Å². The molecule has 1 aliphatic heterocycles. The van der Waals surface area contributed by atoms with E-state index in [9.17, 15) is 4.79 Å². The number of amides is 1. The number of ether oxygens (including phenoxy) is 1. The maximum Gasteiger partial charge on any atom is 0.253 e. The average Bonchev–Trinajstić information content (AvgIpc) is 3.28. The lowest BCUT2D eigenvalue weighted by Crippen LogP contribution is -2.38. The fourth-order valence-corrected chi connectivity index (χ4v) is 4.13. The van der Waals surface area contributed by atoms with E-state index in [0.717, 1.165) is 59.7 Å². The van der Waals surface area contributed by atoms with E-state index in [1.165, 1.54) is 0 Å². The number of likely N-dealkylation sites (tertiary alicyclic amines) is 1. The Morgan fingerprint density at radius 2 is 1.65 bits per heavy atom. The Bertz CT molecular complexity index is 1130. The van der Waals surface area contributed by atoms with Crippen molar-refractivity contribution in [2.45, 2.75) is 25.4 Å². The maximum absolute atomic E-state index is 12.9. The SMILES string of the molecule is O=C(c1ccc(COc2ccccc2)cc1)N1CCC(c2nc3ccccc3[nH]2)CC1. The number of carbonyl (C=O) groups excluding carboxylic acids is 1. The van der Waals surface area contributed by atoms with E-state index in [2.05, 4.69) is 11.1 Å². The van der Waals surface area contributed by atoms with Crippen LogP contribution in [-0.2, 0) is 6.61 Å². The molecule has 0 spiro atoms. The minimum atomic E-state index is 0.0959. The summed E-state index contributed by atoms with van der Waals surface area (Å²) in [6.45, 7) is 1.99. The minimum absolute atomic E-state index is 0.0959. The monoisotopic (exact) mass is 411 g/mol. The molecule has 156 valence electrons. The molecule has 1 aliphatic rings. The second kappa shape index (κ2) is 8.64. The highest BCUT2D eigenvalue weighted by Crippen LogP contribution is 2.28. The molecular weight excluding hydrogens is 386 g/mol. The lowest BCUT2D eigenvalue weighted by Gasteiger charge is -2.31. The van der Waals surface area contributed by atoms with Crippen molar-refractivity contribution in [2.24, 2.45) is 0 Å². The number of aromatic nitrogens is 2. The van der Waals surface area contributed by atoms with Crippen LogP contribution in [0.4, 0.5) is 0 Å². The molecule has 1 saturated heterocycles. The standard InChI is InChI=1S/C26H25N3O2/c30-26(21-12-10-19(11-13-21)18-31-22-6-2-1-3-7-22)29-16-14-20(15-17-29)25-27-23-8-4-5-9-24(23)28-25/h1-13,20H,14-18H2,(H,27,28). The molecule has 0 radical (unpaired) electrons. The summed E-state index contributed by atoms with van der Waals surface area (Å²) in [5.41, 5.74) is 3.86. The van der Waals surface area contributed by atoms with Gasteiger partial charge in [-0.05, 0) is 54.8 Å². The van der Waals surface area contributed by atoms with Crippen molar-refractivity contribution in [1.82, 2.24) is 14.9 Å². The number of hydrogen-bond acceptors (Lipinski definition) is 3. The van der Waals surface area contributed by atoms with Crippen molar-refractivity contribution in [3.8, 4) is 5.75 Å². The van der Waals surface area contributed by atoms with Gasteiger partial charge in [0.25, 0.3) is 5.91 Å². The second-order valence-corrected chi connectivity index (χ2v) is 8.00. The van der Waals surface area contributed by atoms with Crippen LogP contribution in [0.5, 0.6) is 5.75 Å². The normalized spacial score (nSPS) is 14.6. The Kier molecular flexibility index (Phi) is 5.40. The molecule has 31 heavy (non-hydrogen) atoms. The number of nitrogens with zero attached hydrogens (tertiary/aromatic N) is 2. The first kappa shape index (κ1) is 19.4. The zero-order valence-electron chi connectivity index (χ0n) is 17.3. The highest BCUT2D eigenvalue weighted by atomic mass is 16.5. The average molecular weight is 412 g/mol. The van der Waals surface area contributed by atoms with Gasteiger partial charge in [0, 0.05) is 24.6 Å². The van der Waals surface area contributed by atoms with Crippen LogP contribution < -0.4 is 4.74 Å². The van der Waals surface area contributed by atoms with E-state index < -0.39 is 0 Å². The number of carbonyl (C=O) groups is 1. The van der Waals surface area contributed by atoms with Crippen LogP contribution in [0.25, 0.3) is 11.0 Å². The first-order valence-electron chi connectivity index (χ1n) is 10.8. The largest absolute Gasteiger partial charge is 0.489 e. The molecule has 0 unspecified atom stereocenters. The lowest BCUT2D eigenvalue weighted by molar-refractivity contribution is 0.0711. The molecule has 5 nitrogen and oxygen atoms in total. The predicted molar refractivity (Wildman–Crippen MR) is 121 cm³/mol. The van der Waals surface area contributed by atoms with Gasteiger partial charge in [0.2, 0.25) is 0 Å². The molecule has 0 atom stereocenters. The third-order valence-electron chi connectivity index (χ3n) is 5.93. The van der Waals surface area contributed by atoms with Gasteiger partial charge >= 0.3 is 0 Å². The van der Waals surface area contributed by atoms with E-state index in [1.54, 1.807) is 0 Å². The first-order chi connectivity index (χ1) is 15.3. The van der Waals surface area contributed by atoms with Gasteiger partial charge in [-0.2, -0.15) is 0 Å². The van der Waals surface area contributed by atoms with Crippen LogP contribution in [0.2, 0.25) is 0 Å². The Morgan fingerprint density at radius 3 is 2.39 bits per heavy atom. The molecule has 5 rings (SSSR count). The number of H-pyrrole nitrogens is 1. The summed E-state index contributed by atoms with van der Waals surface area (Å²) in [4.78, 5) is 23.1. The van der Waals surface area contributed by atoms with Crippen LogP contribution in [-0.4, -0.2) is 33.9 Å². The fourth-order valence-electron chi connectivity index (χ4n) is 4.13. The van der Waals surface area contributed by atoms with Crippen LogP contribution in [0.1, 0.15) is 40.5 Å². The van der Waals surface area contributed by atoms with Gasteiger partial charge in [-0.1, -0.05) is 42.5 Å². The van der Waals surface area contributed by atoms with Gasteiger partial charge in [-0.3, -0.25) is 4.79 Å². The topological polar surface area (TPSA) is 58.2 Å². The van der Waals surface area contributed by atoms with Crippen molar-refractivity contribution in [2.75, 3.05) is 13.1 Å². The number of rotatable bonds is 5. The minimum Gasteiger partial charge on any atom is -0.489 e. The number of aromatic amines is 1. The Morgan fingerprint density at radius 1 is 0.935 bits per heavy atom. The summed E-state index contributed by atoms with van der Waals surface area (Å²) in [7, 11) is 0. The molecule has 1 amide bonds. The number of benzene rings is 3. The summed E-state index contributed by atoms with van der Waals surface area (Å²) >= 11 is 0. The van der Waals surface area contributed by atoms with Crippen molar-refractivity contribution in [1.29, 1.82) is 0 Å². The molecule has 2 heterocycles. The van der Waals surface area contributed by atoms with Gasteiger partial charge in [0.05, 0.1) is 11.0 Å². The van der Waals surface area contributed by atoms with Crippen LogP contribution in [0.15, 0.2) is 78.9 Å². The van der Waals surface area contributed by atoms with E-state index in [-0.39, 0.29) is 5.91 Å². The molecule has 5 heteroatoms. The number of nitrogens with one attached hydrogen (secondary N) is 1. The number of fused-ring (bicyclic) bond motifs is 1. The summed E-state index contributed by atoms with van der Waals surface area (Å²) < 4.78 is 5.78. The third-order valence-corrected chi connectivity index (χ3v) is 5.93. The van der Waals surface area contributed by atoms with Crippen molar-refractivity contribution in [3.63, 3.8) is 0 Å². The molecule has 0 aliphatic carbocycles. The zero-order chi connectivity index (χ0) is 21.0. The molecule has 0 saturated carbocycles. The highest BCUT2D eigenvalue weighted by Gasteiger charge is 2.26. The zero-order valence-corrected chi connectivity index (χ0v) is 17.3.